The van der Waals surface area contributed by atoms with Crippen molar-refractivity contribution in [1.82, 2.24) is 4.98 Å². The average molecular weight is 299 g/mol. The molecular weight excluding hydrogens is 282 g/mol. The predicted molar refractivity (Wildman–Crippen MR) is 83.2 cm³/mol. The summed E-state index contributed by atoms with van der Waals surface area (Å²) >= 11 is 0. The van der Waals surface area contributed by atoms with Crippen molar-refractivity contribution in [2.45, 2.75) is 18.9 Å². The van der Waals surface area contributed by atoms with Gasteiger partial charge in [0.2, 0.25) is 0 Å². The average Bonchev–Trinajstić information content (AvgIpc) is 3.04. The van der Waals surface area contributed by atoms with Gasteiger partial charge in [0.05, 0.1) is 18.1 Å². The first-order valence-electron chi connectivity index (χ1n) is 7.20. The van der Waals surface area contributed by atoms with Crippen LogP contribution < -0.4 is 9.64 Å². The second-order valence-corrected chi connectivity index (χ2v) is 5.26. The Morgan fingerprint density at radius 1 is 1.27 bits per heavy atom. The molecule has 0 aliphatic carbocycles. The largest absolute Gasteiger partial charge is 0.497 e. The standard InChI is InChI=1S/C16H17N3O3/c1-22-14-7-4-12(5-8-14)15-3-2-10-18(15)16-9-6-13(11-17-16)19(20)21/h4-9,11,15H,2-3,10H2,1H3. The highest BCUT2D eigenvalue weighted by molar-refractivity contribution is 5.47. The van der Waals surface area contributed by atoms with Gasteiger partial charge in [-0.3, -0.25) is 10.1 Å². The molecule has 0 bridgehead atoms. The van der Waals surface area contributed by atoms with Crippen LogP contribution in [0.2, 0.25) is 0 Å². The number of nitro groups is 1. The van der Waals surface area contributed by atoms with E-state index in [0.29, 0.717) is 0 Å². The van der Waals surface area contributed by atoms with E-state index >= 15 is 0 Å². The third kappa shape index (κ3) is 2.72. The molecule has 1 aliphatic rings. The molecule has 0 radical (unpaired) electrons. The molecule has 0 saturated carbocycles. The highest BCUT2D eigenvalue weighted by Gasteiger charge is 2.27. The third-order valence-corrected chi connectivity index (χ3v) is 3.99. The number of ether oxygens (including phenoxy) is 1. The molecule has 1 unspecified atom stereocenters. The Bertz CT molecular complexity index is 655. The van der Waals surface area contributed by atoms with E-state index in [-0.39, 0.29) is 11.7 Å². The van der Waals surface area contributed by atoms with Crippen LogP contribution in [0.15, 0.2) is 42.6 Å². The van der Waals surface area contributed by atoms with Gasteiger partial charge in [0, 0.05) is 12.6 Å². The normalized spacial score (nSPS) is 17.5. The van der Waals surface area contributed by atoms with Crippen LogP contribution in [0.25, 0.3) is 0 Å². The maximum atomic E-state index is 10.7. The summed E-state index contributed by atoms with van der Waals surface area (Å²) in [5.74, 6) is 1.62. The van der Waals surface area contributed by atoms with E-state index in [0.717, 1.165) is 31.0 Å². The second kappa shape index (κ2) is 6.01. The molecule has 6 nitrogen and oxygen atoms in total. The summed E-state index contributed by atoms with van der Waals surface area (Å²) in [6.07, 6.45) is 3.44. The first-order valence-corrected chi connectivity index (χ1v) is 7.20. The SMILES string of the molecule is COc1ccc(C2CCCN2c2ccc([N+](=O)[O-])cn2)cc1. The van der Waals surface area contributed by atoms with E-state index in [1.807, 2.05) is 12.1 Å². The number of rotatable bonds is 4. The molecule has 1 aliphatic heterocycles. The quantitative estimate of drug-likeness (QED) is 0.639. The predicted octanol–water partition coefficient (Wildman–Crippen LogP) is 3.34. The number of hydrogen-bond donors (Lipinski definition) is 0. The van der Waals surface area contributed by atoms with Gasteiger partial charge in [-0.05, 0) is 36.6 Å². The highest BCUT2D eigenvalue weighted by atomic mass is 16.6. The zero-order valence-corrected chi connectivity index (χ0v) is 12.3. The number of methoxy groups -OCH3 is 1. The maximum Gasteiger partial charge on any atom is 0.287 e. The molecule has 1 fully saturated rings. The molecule has 0 amide bonds. The van der Waals surface area contributed by atoms with Gasteiger partial charge in [0.15, 0.2) is 0 Å². The summed E-state index contributed by atoms with van der Waals surface area (Å²) < 4.78 is 5.19. The molecule has 3 rings (SSSR count). The minimum Gasteiger partial charge on any atom is -0.497 e. The van der Waals surface area contributed by atoms with Crippen LogP contribution in [-0.4, -0.2) is 23.6 Å². The van der Waals surface area contributed by atoms with Crippen LogP contribution in [0.1, 0.15) is 24.4 Å². The van der Waals surface area contributed by atoms with E-state index in [4.69, 9.17) is 4.74 Å². The lowest BCUT2D eigenvalue weighted by Crippen LogP contribution is -2.23. The van der Waals surface area contributed by atoms with Gasteiger partial charge in [-0.25, -0.2) is 4.98 Å². The van der Waals surface area contributed by atoms with Crippen molar-refractivity contribution in [2.24, 2.45) is 0 Å². The molecule has 2 aromatic rings. The van der Waals surface area contributed by atoms with Crippen LogP contribution in [-0.2, 0) is 0 Å². The van der Waals surface area contributed by atoms with Gasteiger partial charge < -0.3 is 9.64 Å². The van der Waals surface area contributed by atoms with Crippen molar-refractivity contribution >= 4 is 11.5 Å². The summed E-state index contributed by atoms with van der Waals surface area (Å²) in [5.41, 5.74) is 1.22. The molecule has 1 aromatic carbocycles. The first kappa shape index (κ1) is 14.3. The fourth-order valence-electron chi connectivity index (χ4n) is 2.87. The summed E-state index contributed by atoms with van der Waals surface area (Å²) in [6.45, 7) is 0.904. The molecule has 1 atom stereocenters. The number of hydrogen-bond acceptors (Lipinski definition) is 5. The molecule has 1 aromatic heterocycles. The Hall–Kier alpha value is -2.63. The van der Waals surface area contributed by atoms with Gasteiger partial charge in [-0.15, -0.1) is 0 Å². The Labute approximate surface area is 128 Å². The molecule has 1 saturated heterocycles. The number of aromatic nitrogens is 1. The van der Waals surface area contributed by atoms with Crippen molar-refractivity contribution in [3.05, 3.63) is 58.3 Å². The van der Waals surface area contributed by atoms with E-state index in [9.17, 15) is 10.1 Å². The van der Waals surface area contributed by atoms with Crippen molar-refractivity contribution in [3.63, 3.8) is 0 Å². The van der Waals surface area contributed by atoms with Crippen LogP contribution in [0.5, 0.6) is 5.75 Å². The van der Waals surface area contributed by atoms with Crippen LogP contribution in [0.3, 0.4) is 0 Å². The molecule has 0 spiro atoms. The number of anilines is 1. The molecule has 6 heteroatoms. The van der Waals surface area contributed by atoms with Crippen molar-refractivity contribution < 1.29 is 9.66 Å². The van der Waals surface area contributed by atoms with E-state index < -0.39 is 4.92 Å². The lowest BCUT2D eigenvalue weighted by Gasteiger charge is -2.26. The fraction of sp³-hybridized carbons (Fsp3) is 0.312. The van der Waals surface area contributed by atoms with E-state index in [1.54, 1.807) is 13.2 Å². The number of pyridine rings is 1. The Balaban J connectivity index is 1.84. The fourth-order valence-corrected chi connectivity index (χ4v) is 2.87. The third-order valence-electron chi connectivity index (χ3n) is 3.99. The first-order chi connectivity index (χ1) is 10.7. The zero-order chi connectivity index (χ0) is 15.5. The highest BCUT2D eigenvalue weighted by Crippen LogP contribution is 2.36. The van der Waals surface area contributed by atoms with Gasteiger partial charge in [0.25, 0.3) is 5.69 Å². The molecule has 22 heavy (non-hydrogen) atoms. The van der Waals surface area contributed by atoms with Gasteiger partial charge in [-0.1, -0.05) is 12.1 Å². The lowest BCUT2D eigenvalue weighted by molar-refractivity contribution is -0.385. The van der Waals surface area contributed by atoms with E-state index in [1.165, 1.54) is 17.8 Å². The van der Waals surface area contributed by atoms with Crippen LogP contribution in [0, 0.1) is 10.1 Å². The maximum absolute atomic E-state index is 10.7. The summed E-state index contributed by atoms with van der Waals surface area (Å²) in [7, 11) is 1.65. The van der Waals surface area contributed by atoms with Gasteiger partial charge in [-0.2, -0.15) is 0 Å². The number of benzene rings is 1. The molecular formula is C16H17N3O3. The minimum atomic E-state index is -0.429. The smallest absolute Gasteiger partial charge is 0.287 e. The monoisotopic (exact) mass is 299 g/mol. The zero-order valence-electron chi connectivity index (χ0n) is 12.3. The minimum absolute atomic E-state index is 0.0175. The van der Waals surface area contributed by atoms with Crippen molar-refractivity contribution in [1.29, 1.82) is 0 Å². The molecule has 2 heterocycles. The van der Waals surface area contributed by atoms with Gasteiger partial charge in [0.1, 0.15) is 17.8 Å². The van der Waals surface area contributed by atoms with E-state index in [2.05, 4.69) is 22.0 Å². The van der Waals surface area contributed by atoms with Crippen molar-refractivity contribution in [3.8, 4) is 5.75 Å². The van der Waals surface area contributed by atoms with Gasteiger partial charge >= 0.3 is 0 Å². The van der Waals surface area contributed by atoms with Crippen LogP contribution in [0.4, 0.5) is 11.5 Å². The molecule has 114 valence electrons. The number of nitrogens with zero attached hydrogens (tertiary/aromatic N) is 3. The summed E-state index contributed by atoms with van der Waals surface area (Å²) in [5, 5.41) is 10.7. The Morgan fingerprint density at radius 3 is 2.64 bits per heavy atom. The Kier molecular flexibility index (Phi) is 3.91. The van der Waals surface area contributed by atoms with Crippen molar-refractivity contribution in [2.75, 3.05) is 18.6 Å². The lowest BCUT2D eigenvalue weighted by atomic mass is 10.0. The summed E-state index contributed by atoms with van der Waals surface area (Å²) in [6, 6.07) is 11.5. The van der Waals surface area contributed by atoms with Crippen LogP contribution >= 0.6 is 0 Å². The molecule has 0 N–H and O–H groups in total. The second-order valence-electron chi connectivity index (χ2n) is 5.26. The Morgan fingerprint density at radius 2 is 2.05 bits per heavy atom. The topological polar surface area (TPSA) is 68.5 Å². The summed E-state index contributed by atoms with van der Waals surface area (Å²) in [4.78, 5) is 16.7.